The zero-order valence-electron chi connectivity index (χ0n) is 26.1. The lowest BCUT2D eigenvalue weighted by Gasteiger charge is -2.27. The Kier molecular flexibility index (Phi) is 14.6. The number of unbranched alkanes of at least 4 members (excludes halogenated alkanes) is 1. The van der Waals surface area contributed by atoms with Gasteiger partial charge in [-0.05, 0) is 63.6 Å². The highest BCUT2D eigenvalue weighted by Crippen LogP contribution is 2.16. The van der Waals surface area contributed by atoms with Crippen LogP contribution >= 0.6 is 0 Å². The maximum absolute atomic E-state index is 13.4. The number of benzene rings is 1. The molecule has 14 nitrogen and oxygen atoms in total. The average molecular weight is 625 g/mol. The second-order valence-electron chi connectivity index (χ2n) is 12.2. The summed E-state index contributed by atoms with van der Waals surface area (Å²) in [7, 11) is 0. The molecule has 3 rings (SSSR count). The highest BCUT2D eigenvalue weighted by atomic mass is 16.6. The Morgan fingerprint density at radius 2 is 1.70 bits per heavy atom. The maximum Gasteiger partial charge on any atom is 0.407 e. The number of ether oxygens (including phenoxy) is 3. The van der Waals surface area contributed by atoms with E-state index in [1.54, 1.807) is 45.0 Å². The van der Waals surface area contributed by atoms with E-state index in [4.69, 9.17) is 14.2 Å². The minimum absolute atomic E-state index is 0.0462. The molecule has 0 radical (unpaired) electrons. The number of urea groups is 1. The number of fused-ring (bicyclic) bond motifs is 13. The van der Waals surface area contributed by atoms with E-state index in [1.165, 1.54) is 0 Å². The van der Waals surface area contributed by atoms with Gasteiger partial charge >= 0.3 is 18.1 Å². The smallest absolute Gasteiger partial charge is 0.407 e. The second kappa shape index (κ2) is 17.6. The molecule has 1 aromatic rings. The molecule has 0 aromatic heterocycles. The molecule has 0 saturated carbocycles. The van der Waals surface area contributed by atoms with Gasteiger partial charge in [0.15, 0.2) is 0 Å². The van der Waals surface area contributed by atoms with Crippen LogP contribution in [0, 0.1) is 5.92 Å². The Balaban J connectivity index is 2.07. The van der Waals surface area contributed by atoms with E-state index in [9.17, 15) is 34.5 Å². The first-order valence-corrected chi connectivity index (χ1v) is 14.9. The first-order chi connectivity index (χ1) is 20.6. The van der Waals surface area contributed by atoms with Gasteiger partial charge < -0.3 is 50.8 Å². The van der Waals surface area contributed by atoms with Crippen LogP contribution in [0.25, 0.3) is 0 Å². The minimum atomic E-state index is -1.23. The van der Waals surface area contributed by atoms with E-state index in [0.717, 1.165) is 0 Å². The number of nitrogens with one attached hydrogen (secondary N) is 4. The molecule has 7 N–H and O–H groups in total. The molecular weight excluding hydrogens is 576 g/mol. The van der Waals surface area contributed by atoms with Crippen LogP contribution in [-0.4, -0.2) is 102 Å². The predicted molar refractivity (Wildman–Crippen MR) is 160 cm³/mol. The summed E-state index contributed by atoms with van der Waals surface area (Å²) in [6.07, 6.45) is -1.89. The molecule has 2 unspecified atom stereocenters. The normalized spacial score (nSPS) is 22.3. The molecule has 0 fully saturated rings. The van der Waals surface area contributed by atoms with Crippen molar-refractivity contribution in [1.29, 1.82) is 0 Å². The van der Waals surface area contributed by atoms with Crippen molar-refractivity contribution in [2.45, 2.75) is 96.2 Å². The van der Waals surface area contributed by atoms with Crippen LogP contribution in [0.3, 0.4) is 0 Å². The van der Waals surface area contributed by atoms with Gasteiger partial charge in [0.1, 0.15) is 42.2 Å². The number of aliphatic hydroxyl groups excluding tert-OH is 2. The van der Waals surface area contributed by atoms with Crippen molar-refractivity contribution >= 4 is 24.0 Å². The van der Waals surface area contributed by atoms with E-state index in [-0.39, 0.29) is 45.1 Å². The van der Waals surface area contributed by atoms with Gasteiger partial charge in [0.2, 0.25) is 5.91 Å². The maximum atomic E-state index is 13.4. The largest absolute Gasteiger partial charge is 0.491 e. The molecule has 1 aromatic carbocycles. The average Bonchev–Trinajstić information content (AvgIpc) is 2.93. The summed E-state index contributed by atoms with van der Waals surface area (Å²) in [5.74, 6) is -1.37. The first kappa shape index (κ1) is 36.6. The van der Waals surface area contributed by atoms with Crippen molar-refractivity contribution in [1.82, 2.24) is 21.3 Å². The van der Waals surface area contributed by atoms with Crippen LogP contribution in [0.2, 0.25) is 0 Å². The molecule has 2 aliphatic heterocycles. The fourth-order valence-corrected chi connectivity index (χ4v) is 4.16. The van der Waals surface area contributed by atoms with E-state index in [1.807, 2.05) is 13.8 Å². The molecule has 0 saturated heterocycles. The number of alkyl carbamates (subject to hydrolysis) is 1. The number of hydrogen-bond acceptors (Lipinski definition) is 9. The van der Waals surface area contributed by atoms with E-state index in [0.29, 0.717) is 24.2 Å². The summed E-state index contributed by atoms with van der Waals surface area (Å²) in [6, 6.07) is 3.11. The number of amides is 4. The Morgan fingerprint density at radius 1 is 1.05 bits per heavy atom. The molecule has 5 atom stereocenters. The summed E-state index contributed by atoms with van der Waals surface area (Å²) >= 11 is 0. The summed E-state index contributed by atoms with van der Waals surface area (Å²) in [5.41, 5.74) is 0.0578. The fraction of sp³-hybridized carbons (Fsp3) is 0.667. The molecule has 44 heavy (non-hydrogen) atoms. The number of carboxylic acid groups (broad SMARTS) is 1. The zero-order chi connectivity index (χ0) is 32.9. The SMILES string of the molecule is CC(C)[C@H]1COCC(O)[C@@H](O)COc2ccc(cc2)C[C@@H](NC(=O)NC(CCCCNC(=O)OC(C)(C)C)C(=O)O)C(=O)N1. The highest BCUT2D eigenvalue weighted by Gasteiger charge is 2.28. The molecular formula is C30H48N4O10. The number of carboxylic acids is 1. The quantitative estimate of drug-likeness (QED) is 0.196. The van der Waals surface area contributed by atoms with Gasteiger partial charge in [-0.15, -0.1) is 0 Å². The van der Waals surface area contributed by atoms with Crippen LogP contribution in [0.5, 0.6) is 5.75 Å². The second-order valence-corrected chi connectivity index (χ2v) is 12.2. The summed E-state index contributed by atoms with van der Waals surface area (Å²) < 4.78 is 16.3. The Morgan fingerprint density at radius 3 is 2.32 bits per heavy atom. The van der Waals surface area contributed by atoms with Crippen molar-refractivity contribution < 1.29 is 48.7 Å². The van der Waals surface area contributed by atoms with Crippen molar-refractivity contribution in [3.8, 4) is 5.75 Å². The fourth-order valence-electron chi connectivity index (χ4n) is 4.16. The molecule has 14 heteroatoms. The molecule has 2 aliphatic rings. The van der Waals surface area contributed by atoms with Crippen LogP contribution in [0.1, 0.15) is 59.4 Å². The van der Waals surface area contributed by atoms with Crippen molar-refractivity contribution in [2.24, 2.45) is 5.92 Å². The van der Waals surface area contributed by atoms with Crippen LogP contribution in [0.15, 0.2) is 24.3 Å². The van der Waals surface area contributed by atoms with E-state index >= 15 is 0 Å². The molecule has 0 aliphatic carbocycles. The van der Waals surface area contributed by atoms with Gasteiger partial charge in [0.05, 0.1) is 19.3 Å². The van der Waals surface area contributed by atoms with Crippen LogP contribution < -0.4 is 26.0 Å². The number of rotatable bonds is 9. The Bertz CT molecular complexity index is 1080. The molecule has 2 heterocycles. The highest BCUT2D eigenvalue weighted by molar-refractivity contribution is 5.89. The van der Waals surface area contributed by atoms with Crippen LogP contribution in [0.4, 0.5) is 9.59 Å². The lowest BCUT2D eigenvalue weighted by Crippen LogP contribution is -2.56. The van der Waals surface area contributed by atoms with Gasteiger partial charge in [0.25, 0.3) is 0 Å². The van der Waals surface area contributed by atoms with E-state index < -0.39 is 59.9 Å². The van der Waals surface area contributed by atoms with Gasteiger partial charge in [-0.25, -0.2) is 14.4 Å². The Labute approximate surface area is 258 Å². The van der Waals surface area contributed by atoms with Crippen molar-refractivity contribution in [2.75, 3.05) is 26.4 Å². The van der Waals surface area contributed by atoms with Gasteiger partial charge in [-0.3, -0.25) is 4.79 Å². The standard InChI is InChI=1S/C30H48N4O10/c1-18(2)23-15-42-16-24(35)25(36)17-43-20-11-9-19(10-12-20)14-22(26(37)32-23)34-28(40)33-21(27(38)39)8-6-7-13-31-29(41)44-30(3,4)5/h9-12,18,21-25,35-36H,6-8,13-17H2,1-5H3,(H,31,41)(H,32,37)(H,38,39)(H2,33,34,40)/t21?,22-,23-,24?,25+/m1/s1. The predicted octanol–water partition coefficient (Wildman–Crippen LogP) is 1.32. The monoisotopic (exact) mass is 624 g/mol. The van der Waals surface area contributed by atoms with Gasteiger partial charge in [-0.2, -0.15) is 0 Å². The lowest BCUT2D eigenvalue weighted by molar-refractivity contribution is -0.139. The summed E-state index contributed by atoms with van der Waals surface area (Å²) in [6.45, 7) is 8.99. The van der Waals surface area contributed by atoms with Crippen molar-refractivity contribution in [3.05, 3.63) is 29.8 Å². The summed E-state index contributed by atoms with van der Waals surface area (Å²) in [5, 5.41) is 40.6. The number of carbonyl (C=O) groups excluding carboxylic acids is 3. The Hall–Kier alpha value is -3.62. The first-order valence-electron chi connectivity index (χ1n) is 14.9. The summed E-state index contributed by atoms with van der Waals surface area (Å²) in [4.78, 5) is 50.0. The lowest BCUT2D eigenvalue weighted by atomic mass is 10.0. The molecule has 4 amide bonds. The van der Waals surface area contributed by atoms with Crippen LogP contribution in [-0.2, 0) is 25.5 Å². The van der Waals surface area contributed by atoms with Gasteiger partial charge in [0, 0.05) is 13.0 Å². The minimum Gasteiger partial charge on any atom is -0.491 e. The third-order valence-corrected chi connectivity index (χ3v) is 6.76. The number of aliphatic hydroxyl groups is 2. The third-order valence-electron chi connectivity index (χ3n) is 6.76. The molecule has 0 spiro atoms. The number of aliphatic carboxylic acids is 1. The molecule has 248 valence electrons. The topological polar surface area (TPSA) is 205 Å². The number of hydrogen-bond donors (Lipinski definition) is 7. The number of carbonyl (C=O) groups is 4. The zero-order valence-corrected chi connectivity index (χ0v) is 26.1. The molecule has 2 bridgehead atoms. The van der Waals surface area contributed by atoms with Gasteiger partial charge in [-0.1, -0.05) is 26.0 Å². The van der Waals surface area contributed by atoms with E-state index in [2.05, 4.69) is 21.3 Å². The third kappa shape index (κ3) is 13.8. The van der Waals surface area contributed by atoms with Crippen molar-refractivity contribution in [3.63, 3.8) is 0 Å².